The molecular weight excluding hydrogens is 390 g/mol. The molecule has 150 valence electrons. The molecule has 0 fully saturated rings. The van der Waals surface area contributed by atoms with Gasteiger partial charge in [0.1, 0.15) is 17.1 Å². The lowest BCUT2D eigenvalue weighted by molar-refractivity contribution is -0.149. The van der Waals surface area contributed by atoms with Gasteiger partial charge in [0.15, 0.2) is 12.7 Å². The lowest BCUT2D eigenvalue weighted by Crippen LogP contribution is -2.37. The summed E-state index contributed by atoms with van der Waals surface area (Å²) in [7, 11) is 0. The first-order valence-corrected chi connectivity index (χ1v) is 8.87. The maximum Gasteiger partial charge on any atom is 0.347 e. The third-order valence-electron chi connectivity index (χ3n) is 3.77. The van der Waals surface area contributed by atoms with Crippen LogP contribution in [0, 0.1) is 0 Å². The number of hydrogen-bond donors (Lipinski definition) is 2. The van der Waals surface area contributed by atoms with Crippen LogP contribution in [-0.4, -0.2) is 34.0 Å². The van der Waals surface area contributed by atoms with Crippen molar-refractivity contribution < 1.29 is 19.1 Å². The smallest absolute Gasteiger partial charge is 0.347 e. The van der Waals surface area contributed by atoms with Gasteiger partial charge in [0.2, 0.25) is 5.78 Å². The quantitative estimate of drug-likeness (QED) is 0.496. The molecule has 0 saturated carbocycles. The number of ketones is 1. The van der Waals surface area contributed by atoms with Crippen LogP contribution in [0.3, 0.4) is 0 Å². The Bertz CT molecular complexity index is 980. The SMILES string of the molecule is CCCn1c(N)c(C(=O)COC(=O)[C@@H](C)Oc2ccc(Cl)cc2)c(=O)[nH]c1=O. The molecule has 1 aromatic heterocycles. The van der Waals surface area contributed by atoms with Gasteiger partial charge in [-0.15, -0.1) is 0 Å². The molecule has 0 aliphatic rings. The number of anilines is 1. The number of carbonyl (C=O) groups is 2. The lowest BCUT2D eigenvalue weighted by atomic mass is 10.2. The van der Waals surface area contributed by atoms with Crippen LogP contribution >= 0.6 is 11.6 Å². The first kappa shape index (κ1) is 21.2. The van der Waals surface area contributed by atoms with E-state index in [-0.39, 0.29) is 12.4 Å². The van der Waals surface area contributed by atoms with Crippen LogP contribution < -0.4 is 21.7 Å². The molecule has 2 aromatic rings. The Balaban J connectivity index is 2.06. The number of aromatic amines is 1. The Hall–Kier alpha value is -3.07. The van der Waals surface area contributed by atoms with Crippen molar-refractivity contribution in [3.8, 4) is 5.75 Å². The van der Waals surface area contributed by atoms with Gasteiger partial charge in [-0.2, -0.15) is 0 Å². The van der Waals surface area contributed by atoms with Crippen LogP contribution in [-0.2, 0) is 16.1 Å². The monoisotopic (exact) mass is 409 g/mol. The minimum atomic E-state index is -1.00. The van der Waals surface area contributed by atoms with Crippen LogP contribution in [0.15, 0.2) is 33.9 Å². The summed E-state index contributed by atoms with van der Waals surface area (Å²) < 4.78 is 11.4. The minimum Gasteiger partial charge on any atom is -0.479 e. The van der Waals surface area contributed by atoms with Gasteiger partial charge in [-0.05, 0) is 37.6 Å². The van der Waals surface area contributed by atoms with E-state index >= 15 is 0 Å². The molecule has 0 aliphatic carbocycles. The maximum atomic E-state index is 12.3. The second kappa shape index (κ2) is 9.23. The Morgan fingerprint density at radius 2 is 1.89 bits per heavy atom. The van der Waals surface area contributed by atoms with Gasteiger partial charge < -0.3 is 15.2 Å². The minimum absolute atomic E-state index is 0.230. The number of hydrogen-bond acceptors (Lipinski definition) is 7. The Labute approximate surface area is 165 Å². The largest absolute Gasteiger partial charge is 0.479 e. The van der Waals surface area contributed by atoms with Crippen molar-refractivity contribution >= 4 is 29.2 Å². The number of esters is 1. The number of carbonyl (C=O) groups excluding carboxylic acids is 2. The first-order valence-electron chi connectivity index (χ1n) is 8.49. The van der Waals surface area contributed by atoms with Gasteiger partial charge in [0.05, 0.1) is 0 Å². The van der Waals surface area contributed by atoms with Gasteiger partial charge in [0, 0.05) is 11.6 Å². The van der Waals surface area contributed by atoms with Crippen LogP contribution in [0.5, 0.6) is 5.75 Å². The number of rotatable bonds is 8. The Morgan fingerprint density at radius 3 is 2.50 bits per heavy atom. The molecule has 2 rings (SSSR count). The van der Waals surface area contributed by atoms with Gasteiger partial charge in [-0.3, -0.25) is 19.1 Å². The van der Waals surface area contributed by atoms with Crippen LogP contribution in [0.1, 0.15) is 30.6 Å². The lowest BCUT2D eigenvalue weighted by Gasteiger charge is -2.14. The molecular formula is C18H20ClN3O6. The number of nitrogens with zero attached hydrogens (tertiary/aromatic N) is 1. The Morgan fingerprint density at radius 1 is 1.25 bits per heavy atom. The molecule has 1 atom stereocenters. The van der Waals surface area contributed by atoms with E-state index in [1.165, 1.54) is 6.92 Å². The molecule has 1 heterocycles. The number of benzene rings is 1. The fraction of sp³-hybridized carbons (Fsp3) is 0.333. The van der Waals surface area contributed by atoms with E-state index < -0.39 is 41.3 Å². The van der Waals surface area contributed by atoms with E-state index in [4.69, 9.17) is 26.8 Å². The van der Waals surface area contributed by atoms with Crippen molar-refractivity contribution in [2.75, 3.05) is 12.3 Å². The number of ether oxygens (including phenoxy) is 2. The molecule has 10 heteroatoms. The molecule has 9 nitrogen and oxygen atoms in total. The highest BCUT2D eigenvalue weighted by Crippen LogP contribution is 2.17. The highest BCUT2D eigenvalue weighted by atomic mass is 35.5. The molecule has 3 N–H and O–H groups in total. The fourth-order valence-corrected chi connectivity index (χ4v) is 2.52. The molecule has 0 unspecified atom stereocenters. The predicted octanol–water partition coefficient (Wildman–Crippen LogP) is 1.38. The highest BCUT2D eigenvalue weighted by Gasteiger charge is 2.23. The van der Waals surface area contributed by atoms with Crippen molar-refractivity contribution in [2.45, 2.75) is 32.9 Å². The molecule has 28 heavy (non-hydrogen) atoms. The summed E-state index contributed by atoms with van der Waals surface area (Å²) in [6.45, 7) is 2.77. The number of Topliss-reactive ketones (excluding diaryl/α,β-unsaturated/α-hetero) is 1. The van der Waals surface area contributed by atoms with E-state index in [9.17, 15) is 19.2 Å². The van der Waals surface area contributed by atoms with Crippen LogP contribution in [0.2, 0.25) is 5.02 Å². The average molecular weight is 410 g/mol. The summed E-state index contributed by atoms with van der Waals surface area (Å²) in [5.74, 6) is -1.49. The summed E-state index contributed by atoms with van der Waals surface area (Å²) in [6, 6.07) is 6.35. The summed E-state index contributed by atoms with van der Waals surface area (Å²) >= 11 is 5.78. The number of H-pyrrole nitrogens is 1. The Kier molecular flexibility index (Phi) is 7.00. The van der Waals surface area contributed by atoms with Gasteiger partial charge in [-0.1, -0.05) is 18.5 Å². The van der Waals surface area contributed by atoms with E-state index in [0.29, 0.717) is 17.2 Å². The predicted molar refractivity (Wildman–Crippen MR) is 103 cm³/mol. The number of nitrogens with one attached hydrogen (secondary N) is 1. The topological polar surface area (TPSA) is 133 Å². The van der Waals surface area contributed by atoms with Crippen molar-refractivity contribution in [2.24, 2.45) is 0 Å². The first-order chi connectivity index (χ1) is 13.2. The summed E-state index contributed by atoms with van der Waals surface area (Å²) in [5.41, 5.74) is 3.74. The summed E-state index contributed by atoms with van der Waals surface area (Å²) in [5, 5.41) is 0.514. The molecule has 0 saturated heterocycles. The van der Waals surface area contributed by atoms with Gasteiger partial charge in [0.25, 0.3) is 5.56 Å². The fourth-order valence-electron chi connectivity index (χ4n) is 2.39. The van der Waals surface area contributed by atoms with Crippen molar-refractivity contribution in [3.63, 3.8) is 0 Å². The van der Waals surface area contributed by atoms with E-state index in [1.54, 1.807) is 24.3 Å². The van der Waals surface area contributed by atoms with Gasteiger partial charge in [-0.25, -0.2) is 9.59 Å². The van der Waals surface area contributed by atoms with Crippen molar-refractivity contribution in [3.05, 3.63) is 55.7 Å². The average Bonchev–Trinajstić information content (AvgIpc) is 2.64. The van der Waals surface area contributed by atoms with E-state index in [1.807, 2.05) is 11.9 Å². The maximum absolute atomic E-state index is 12.3. The van der Waals surface area contributed by atoms with Crippen LogP contribution in [0.25, 0.3) is 0 Å². The zero-order chi connectivity index (χ0) is 20.8. The number of aromatic nitrogens is 2. The standard InChI is InChI=1S/C18H20ClN3O6/c1-3-8-22-15(20)14(16(24)21-18(22)26)13(23)9-27-17(25)10(2)28-12-6-4-11(19)5-7-12/h4-7,10H,3,8-9,20H2,1-2H3,(H,21,24,26)/t10-/m1/s1. The molecule has 0 aliphatic heterocycles. The molecule has 0 bridgehead atoms. The molecule has 0 radical (unpaired) electrons. The zero-order valence-electron chi connectivity index (χ0n) is 15.4. The number of nitrogen functional groups attached to an aromatic ring is 1. The summed E-state index contributed by atoms with van der Waals surface area (Å²) in [6.07, 6.45) is -0.433. The van der Waals surface area contributed by atoms with Crippen molar-refractivity contribution in [1.29, 1.82) is 0 Å². The molecule has 1 aromatic carbocycles. The number of halogens is 1. The second-order valence-corrected chi connectivity index (χ2v) is 6.35. The number of nitrogens with two attached hydrogens (primary N) is 1. The van der Waals surface area contributed by atoms with Gasteiger partial charge >= 0.3 is 11.7 Å². The summed E-state index contributed by atoms with van der Waals surface area (Å²) in [4.78, 5) is 50.2. The normalized spacial score (nSPS) is 11.7. The molecule has 0 amide bonds. The zero-order valence-corrected chi connectivity index (χ0v) is 16.1. The van der Waals surface area contributed by atoms with E-state index in [2.05, 4.69) is 0 Å². The second-order valence-electron chi connectivity index (χ2n) is 5.92. The third-order valence-corrected chi connectivity index (χ3v) is 4.02. The highest BCUT2D eigenvalue weighted by molar-refractivity contribution is 6.30. The third kappa shape index (κ3) is 5.01. The molecule has 0 spiro atoms. The van der Waals surface area contributed by atoms with Crippen LogP contribution in [0.4, 0.5) is 5.82 Å². The van der Waals surface area contributed by atoms with E-state index in [0.717, 1.165) is 4.57 Å². The van der Waals surface area contributed by atoms with Crippen molar-refractivity contribution in [1.82, 2.24) is 9.55 Å².